The highest BCUT2D eigenvalue weighted by molar-refractivity contribution is 5.94. The lowest BCUT2D eigenvalue weighted by Gasteiger charge is -2.43. The molecule has 7 nitrogen and oxygen atoms in total. The zero-order valence-corrected chi connectivity index (χ0v) is 18.8. The van der Waals surface area contributed by atoms with Crippen molar-refractivity contribution in [2.24, 2.45) is 5.92 Å². The second kappa shape index (κ2) is 9.59. The van der Waals surface area contributed by atoms with E-state index in [0.29, 0.717) is 12.5 Å². The molecule has 31 heavy (non-hydrogen) atoms. The van der Waals surface area contributed by atoms with Crippen molar-refractivity contribution in [1.29, 1.82) is 0 Å². The fourth-order valence-electron chi connectivity index (χ4n) is 5.30. The zero-order chi connectivity index (χ0) is 20.0. The van der Waals surface area contributed by atoms with Gasteiger partial charge in [0, 0.05) is 43.0 Å². The van der Waals surface area contributed by atoms with E-state index in [1.54, 1.807) is 12.1 Å². The van der Waals surface area contributed by atoms with Gasteiger partial charge < -0.3 is 20.2 Å². The van der Waals surface area contributed by atoms with Crippen molar-refractivity contribution in [2.45, 2.75) is 44.1 Å². The SMILES string of the molecule is Cl.Cl.O=C(NC[C@H]1[C@@H]2CNC[C@@H](C2)c2cccc(=O)n21)c1cc2c([nH]c1=O)CCCC2. The van der Waals surface area contributed by atoms with Crippen molar-refractivity contribution in [1.82, 2.24) is 20.2 Å². The van der Waals surface area contributed by atoms with Crippen molar-refractivity contribution < 1.29 is 4.79 Å². The second-order valence-electron chi connectivity index (χ2n) is 8.51. The molecule has 4 heterocycles. The molecule has 5 rings (SSSR count). The number of halogens is 2. The monoisotopic (exact) mass is 466 g/mol. The van der Waals surface area contributed by atoms with Crippen LogP contribution in [-0.2, 0) is 12.8 Å². The van der Waals surface area contributed by atoms with Gasteiger partial charge in [-0.2, -0.15) is 0 Å². The van der Waals surface area contributed by atoms with Crippen molar-refractivity contribution in [3.8, 4) is 0 Å². The molecule has 3 aliphatic rings. The number of aryl methyl sites for hydroxylation is 2. The molecule has 168 valence electrons. The Morgan fingerprint density at radius 1 is 1.13 bits per heavy atom. The lowest BCUT2D eigenvalue weighted by molar-refractivity contribution is 0.0930. The van der Waals surface area contributed by atoms with E-state index in [1.807, 2.05) is 16.7 Å². The van der Waals surface area contributed by atoms with Gasteiger partial charge in [-0.3, -0.25) is 14.4 Å². The topological polar surface area (TPSA) is 96.0 Å². The Morgan fingerprint density at radius 3 is 2.77 bits per heavy atom. The third-order valence-electron chi connectivity index (χ3n) is 6.75. The van der Waals surface area contributed by atoms with Crippen LogP contribution < -0.4 is 21.8 Å². The summed E-state index contributed by atoms with van der Waals surface area (Å²) in [6.45, 7) is 2.05. The maximum absolute atomic E-state index is 12.8. The van der Waals surface area contributed by atoms with E-state index < -0.39 is 0 Å². The standard InChI is InChI=1S/C22H26N4O3.2ClH/c27-20-7-3-6-18-14-8-15(11-23-10-14)19(26(18)20)12-24-21(28)16-9-13-4-1-2-5-17(13)25-22(16)29;;/h3,6-7,9,14-15,19,23H,1-2,4-5,8,10-12H2,(H,24,28)(H,25,29);2*1H/t14-,15+,19+;;/m1../s1. The first-order valence-electron chi connectivity index (χ1n) is 10.6. The highest BCUT2D eigenvalue weighted by atomic mass is 35.5. The number of H-pyrrole nitrogens is 1. The Morgan fingerprint density at radius 2 is 1.94 bits per heavy atom. The van der Waals surface area contributed by atoms with Crippen molar-refractivity contribution in [3.05, 3.63) is 67.5 Å². The first-order chi connectivity index (χ1) is 14.1. The van der Waals surface area contributed by atoms with Crippen molar-refractivity contribution >= 4 is 30.7 Å². The fourth-order valence-corrected chi connectivity index (χ4v) is 5.30. The van der Waals surface area contributed by atoms with Gasteiger partial charge in [-0.1, -0.05) is 6.07 Å². The molecule has 2 aromatic heterocycles. The largest absolute Gasteiger partial charge is 0.350 e. The Bertz CT molecular complexity index is 1080. The number of rotatable bonds is 3. The molecular formula is C22H28Cl2N4O3. The summed E-state index contributed by atoms with van der Waals surface area (Å²) in [5.74, 6) is 0.248. The first-order valence-corrected chi connectivity index (χ1v) is 10.6. The molecule has 0 radical (unpaired) electrons. The number of nitrogens with one attached hydrogen (secondary N) is 3. The average molecular weight is 467 g/mol. The number of hydrogen-bond donors (Lipinski definition) is 3. The van der Waals surface area contributed by atoms with Gasteiger partial charge in [0.1, 0.15) is 5.56 Å². The summed E-state index contributed by atoms with van der Waals surface area (Å²) in [5.41, 5.74) is 2.88. The molecule has 0 saturated carbocycles. The van der Waals surface area contributed by atoms with Gasteiger partial charge in [0.2, 0.25) is 0 Å². The van der Waals surface area contributed by atoms with Gasteiger partial charge in [0.25, 0.3) is 17.0 Å². The summed E-state index contributed by atoms with van der Waals surface area (Å²) in [6, 6.07) is 7.05. The molecule has 1 saturated heterocycles. The second-order valence-corrected chi connectivity index (χ2v) is 8.51. The summed E-state index contributed by atoms with van der Waals surface area (Å²) in [4.78, 5) is 40.8. The summed E-state index contributed by atoms with van der Waals surface area (Å²) < 4.78 is 1.86. The molecule has 2 aliphatic heterocycles. The predicted molar refractivity (Wildman–Crippen MR) is 124 cm³/mol. The number of hydrogen-bond acceptors (Lipinski definition) is 4. The molecule has 3 atom stereocenters. The molecule has 1 amide bonds. The van der Waals surface area contributed by atoms with Crippen molar-refractivity contribution in [3.63, 3.8) is 0 Å². The van der Waals surface area contributed by atoms with Crippen LogP contribution in [0.15, 0.2) is 33.9 Å². The number of nitrogens with zero attached hydrogens (tertiary/aromatic N) is 1. The van der Waals surface area contributed by atoms with E-state index in [2.05, 4.69) is 15.6 Å². The van der Waals surface area contributed by atoms with Crippen LogP contribution in [0.4, 0.5) is 0 Å². The molecule has 0 spiro atoms. The third kappa shape index (κ3) is 4.31. The number of pyridine rings is 2. The minimum absolute atomic E-state index is 0. The Balaban J connectivity index is 0.00000136. The Hall–Kier alpha value is -2.09. The maximum Gasteiger partial charge on any atom is 0.261 e. The van der Waals surface area contributed by atoms with Crippen LogP contribution in [0.25, 0.3) is 0 Å². The zero-order valence-electron chi connectivity index (χ0n) is 17.2. The summed E-state index contributed by atoms with van der Waals surface area (Å²) in [6.07, 6.45) is 4.92. The molecular weight excluding hydrogens is 439 g/mol. The molecule has 0 aromatic carbocycles. The molecule has 1 fully saturated rings. The number of amides is 1. The number of carbonyl (C=O) groups is 1. The van der Waals surface area contributed by atoms with Crippen LogP contribution in [0.2, 0.25) is 0 Å². The minimum atomic E-state index is -0.365. The lowest BCUT2D eigenvalue weighted by atomic mass is 9.79. The molecule has 9 heteroatoms. The highest BCUT2D eigenvalue weighted by Crippen LogP contribution is 2.38. The highest BCUT2D eigenvalue weighted by Gasteiger charge is 2.37. The predicted octanol–water partition coefficient (Wildman–Crippen LogP) is 1.94. The van der Waals surface area contributed by atoms with Gasteiger partial charge in [-0.25, -0.2) is 0 Å². The number of fused-ring (bicyclic) bond motifs is 5. The van der Waals surface area contributed by atoms with Crippen LogP contribution >= 0.6 is 24.8 Å². The van der Waals surface area contributed by atoms with Crippen LogP contribution in [-0.4, -0.2) is 35.1 Å². The third-order valence-corrected chi connectivity index (χ3v) is 6.75. The number of carbonyl (C=O) groups excluding carboxylic acids is 1. The molecule has 2 bridgehead atoms. The van der Waals surface area contributed by atoms with Gasteiger partial charge in [-0.05, 0) is 55.7 Å². The molecule has 1 aliphatic carbocycles. The van der Waals surface area contributed by atoms with E-state index >= 15 is 0 Å². The van der Waals surface area contributed by atoms with Crippen LogP contribution in [0.5, 0.6) is 0 Å². The van der Waals surface area contributed by atoms with E-state index in [1.165, 1.54) is 0 Å². The summed E-state index contributed by atoms with van der Waals surface area (Å²) in [7, 11) is 0. The van der Waals surface area contributed by atoms with Crippen LogP contribution in [0, 0.1) is 5.92 Å². The normalized spacial score (nSPS) is 23.4. The molecule has 3 N–H and O–H groups in total. The van der Waals surface area contributed by atoms with Crippen LogP contribution in [0.3, 0.4) is 0 Å². The Kier molecular flexibility index (Phi) is 7.29. The van der Waals surface area contributed by atoms with E-state index in [9.17, 15) is 14.4 Å². The Labute approximate surface area is 192 Å². The smallest absolute Gasteiger partial charge is 0.261 e. The van der Waals surface area contributed by atoms with E-state index in [-0.39, 0.29) is 59.4 Å². The van der Waals surface area contributed by atoms with Gasteiger partial charge in [0.15, 0.2) is 0 Å². The molecule has 2 aromatic rings. The van der Waals surface area contributed by atoms with Gasteiger partial charge >= 0.3 is 0 Å². The lowest BCUT2D eigenvalue weighted by Crippen LogP contribution is -2.50. The summed E-state index contributed by atoms with van der Waals surface area (Å²) >= 11 is 0. The molecule has 0 unspecified atom stereocenters. The first kappa shape index (κ1) is 23.6. The van der Waals surface area contributed by atoms with Crippen molar-refractivity contribution in [2.75, 3.05) is 19.6 Å². The van der Waals surface area contributed by atoms with Crippen LogP contribution in [0.1, 0.15) is 58.5 Å². The number of piperidine rings is 1. The van der Waals surface area contributed by atoms with Gasteiger partial charge in [0.05, 0.1) is 6.04 Å². The summed E-state index contributed by atoms with van der Waals surface area (Å²) in [5, 5.41) is 6.40. The average Bonchev–Trinajstić information content (AvgIpc) is 2.73. The quantitative estimate of drug-likeness (QED) is 0.643. The van der Waals surface area contributed by atoms with E-state index in [4.69, 9.17) is 0 Å². The van der Waals surface area contributed by atoms with Gasteiger partial charge in [-0.15, -0.1) is 24.8 Å². The minimum Gasteiger partial charge on any atom is -0.350 e. The number of aromatic amines is 1. The van der Waals surface area contributed by atoms with E-state index in [0.717, 1.165) is 62.1 Å². The maximum atomic E-state index is 12.8. The number of aromatic nitrogens is 2. The fraction of sp³-hybridized carbons (Fsp3) is 0.500.